The van der Waals surface area contributed by atoms with Gasteiger partial charge in [-0.15, -0.1) is 0 Å². The van der Waals surface area contributed by atoms with Gasteiger partial charge in [-0.05, 0) is 54.4 Å². The summed E-state index contributed by atoms with van der Waals surface area (Å²) in [6.07, 6.45) is 8.61. The van der Waals surface area contributed by atoms with Crippen LogP contribution in [0.4, 0.5) is 0 Å². The van der Waals surface area contributed by atoms with E-state index in [0.29, 0.717) is 18.3 Å². The van der Waals surface area contributed by atoms with Gasteiger partial charge in [0.15, 0.2) is 0 Å². The summed E-state index contributed by atoms with van der Waals surface area (Å²) in [4.78, 5) is 0. The Morgan fingerprint density at radius 3 is 2.70 bits per heavy atom. The van der Waals surface area contributed by atoms with Crippen molar-refractivity contribution in [1.29, 1.82) is 0 Å². The van der Waals surface area contributed by atoms with Gasteiger partial charge in [0.05, 0.1) is 18.8 Å². The van der Waals surface area contributed by atoms with Crippen LogP contribution in [0.1, 0.15) is 39.5 Å². The second kappa shape index (κ2) is 5.99. The molecule has 4 nitrogen and oxygen atoms in total. The standard InChI is InChI=1S/C19H30O4/c1-18(17(23)11-21)6-5-16-12(8-18)3-4-15-13(10-20)7-14(22)9-19(15,16)2/h3-4,8,13-17,20-23H,5-7,9-11H2,1-2H3/t13-,14+,15+,16+,17?,18-,19+/m1/s1. The molecule has 0 saturated heterocycles. The van der Waals surface area contributed by atoms with Crippen molar-refractivity contribution < 1.29 is 20.4 Å². The summed E-state index contributed by atoms with van der Waals surface area (Å²) in [7, 11) is 0. The Hall–Kier alpha value is -0.680. The van der Waals surface area contributed by atoms with Crippen molar-refractivity contribution in [3.8, 4) is 0 Å². The number of fused-ring (bicyclic) bond motifs is 3. The maximum atomic E-state index is 10.3. The van der Waals surface area contributed by atoms with Crippen LogP contribution in [0.15, 0.2) is 23.8 Å². The lowest BCUT2D eigenvalue weighted by molar-refractivity contribution is -0.0617. The van der Waals surface area contributed by atoms with Gasteiger partial charge in [0.1, 0.15) is 0 Å². The molecule has 3 rings (SSSR count). The van der Waals surface area contributed by atoms with Crippen molar-refractivity contribution in [2.24, 2.45) is 28.6 Å². The van der Waals surface area contributed by atoms with Gasteiger partial charge in [0.2, 0.25) is 0 Å². The zero-order chi connectivity index (χ0) is 16.8. The normalized spacial score (nSPS) is 47.5. The first-order chi connectivity index (χ1) is 10.8. The molecule has 0 heterocycles. The fourth-order valence-corrected chi connectivity index (χ4v) is 5.44. The van der Waals surface area contributed by atoms with Crippen molar-refractivity contribution >= 4 is 0 Å². The molecule has 0 aromatic rings. The lowest BCUT2D eigenvalue weighted by atomic mass is 9.50. The van der Waals surface area contributed by atoms with Gasteiger partial charge in [0, 0.05) is 12.0 Å². The predicted molar refractivity (Wildman–Crippen MR) is 88.6 cm³/mol. The molecule has 0 radical (unpaired) electrons. The molecule has 0 aromatic heterocycles. The van der Waals surface area contributed by atoms with Gasteiger partial charge < -0.3 is 20.4 Å². The first-order valence-corrected chi connectivity index (χ1v) is 8.83. The number of hydrogen-bond donors (Lipinski definition) is 4. The molecular weight excluding hydrogens is 292 g/mol. The average Bonchev–Trinajstić information content (AvgIpc) is 2.52. The van der Waals surface area contributed by atoms with Gasteiger partial charge in [-0.25, -0.2) is 0 Å². The minimum Gasteiger partial charge on any atom is -0.396 e. The molecule has 23 heavy (non-hydrogen) atoms. The molecule has 0 spiro atoms. The van der Waals surface area contributed by atoms with Crippen molar-refractivity contribution in [3.05, 3.63) is 23.8 Å². The highest BCUT2D eigenvalue weighted by atomic mass is 16.3. The van der Waals surface area contributed by atoms with E-state index in [1.807, 2.05) is 6.92 Å². The first-order valence-electron chi connectivity index (χ1n) is 8.83. The fraction of sp³-hybridized carbons (Fsp3) is 0.789. The van der Waals surface area contributed by atoms with Crippen molar-refractivity contribution in [2.45, 2.75) is 51.7 Å². The van der Waals surface area contributed by atoms with Crippen LogP contribution in [0, 0.1) is 28.6 Å². The minimum atomic E-state index is -0.739. The highest BCUT2D eigenvalue weighted by Gasteiger charge is 2.52. The summed E-state index contributed by atoms with van der Waals surface area (Å²) in [6, 6.07) is 0. The molecular formula is C19H30O4. The number of hydrogen-bond acceptors (Lipinski definition) is 4. The van der Waals surface area contributed by atoms with E-state index in [-0.39, 0.29) is 30.7 Å². The van der Waals surface area contributed by atoms with E-state index in [2.05, 4.69) is 25.2 Å². The number of aliphatic hydroxyl groups excluding tert-OH is 4. The molecule has 0 bridgehead atoms. The van der Waals surface area contributed by atoms with E-state index < -0.39 is 11.5 Å². The van der Waals surface area contributed by atoms with Crippen molar-refractivity contribution in [1.82, 2.24) is 0 Å². The monoisotopic (exact) mass is 322 g/mol. The number of allylic oxidation sites excluding steroid dienone is 3. The first kappa shape index (κ1) is 17.2. The predicted octanol–water partition coefficient (Wildman–Crippen LogP) is 1.64. The van der Waals surface area contributed by atoms with E-state index in [4.69, 9.17) is 0 Å². The van der Waals surface area contributed by atoms with E-state index in [0.717, 1.165) is 19.3 Å². The summed E-state index contributed by atoms with van der Waals surface area (Å²) < 4.78 is 0. The third-order valence-corrected chi connectivity index (χ3v) is 6.85. The Kier molecular flexibility index (Phi) is 4.47. The van der Waals surface area contributed by atoms with Crippen LogP contribution < -0.4 is 0 Å². The van der Waals surface area contributed by atoms with Crippen molar-refractivity contribution in [3.63, 3.8) is 0 Å². The minimum absolute atomic E-state index is 0.0445. The molecule has 4 heteroatoms. The van der Waals surface area contributed by atoms with Gasteiger partial charge in [-0.1, -0.05) is 32.1 Å². The van der Waals surface area contributed by atoms with Crippen LogP contribution in [0.2, 0.25) is 0 Å². The molecule has 130 valence electrons. The van der Waals surface area contributed by atoms with Crippen LogP contribution in [-0.4, -0.2) is 45.8 Å². The Morgan fingerprint density at radius 1 is 1.30 bits per heavy atom. The van der Waals surface area contributed by atoms with E-state index in [1.54, 1.807) is 0 Å². The highest BCUT2D eigenvalue weighted by Crippen LogP contribution is 2.58. The van der Waals surface area contributed by atoms with E-state index in [1.165, 1.54) is 5.57 Å². The quantitative estimate of drug-likeness (QED) is 0.637. The molecule has 0 aromatic carbocycles. The summed E-state index contributed by atoms with van der Waals surface area (Å²) in [5.74, 6) is 0.767. The van der Waals surface area contributed by atoms with Crippen molar-refractivity contribution in [2.75, 3.05) is 13.2 Å². The average molecular weight is 322 g/mol. The summed E-state index contributed by atoms with van der Waals surface area (Å²) in [6.45, 7) is 4.15. The zero-order valence-corrected chi connectivity index (χ0v) is 14.2. The molecule has 1 unspecified atom stereocenters. The van der Waals surface area contributed by atoms with Gasteiger partial charge in [-0.2, -0.15) is 0 Å². The summed E-state index contributed by atoms with van der Waals surface area (Å²) in [5, 5.41) is 39.5. The third kappa shape index (κ3) is 2.70. The molecule has 3 aliphatic carbocycles. The maximum absolute atomic E-state index is 10.3. The SMILES string of the molecule is C[C@]12C[C@@H](O)C[C@H](CO)[C@@H]1C=CC1=C[C@](C)(C(O)CO)CC[C@@H]12. The summed E-state index contributed by atoms with van der Waals surface area (Å²) >= 11 is 0. The summed E-state index contributed by atoms with van der Waals surface area (Å²) in [5.41, 5.74) is 0.783. The van der Waals surface area contributed by atoms with Crippen LogP contribution in [-0.2, 0) is 0 Å². The smallest absolute Gasteiger partial charge is 0.0858 e. The Bertz CT molecular complexity index is 513. The molecule has 1 fully saturated rings. The van der Waals surface area contributed by atoms with Gasteiger partial charge in [0.25, 0.3) is 0 Å². The largest absolute Gasteiger partial charge is 0.396 e. The third-order valence-electron chi connectivity index (χ3n) is 6.85. The van der Waals surface area contributed by atoms with E-state index in [9.17, 15) is 20.4 Å². The Labute approximate surface area is 138 Å². The van der Waals surface area contributed by atoms with Crippen LogP contribution in [0.5, 0.6) is 0 Å². The van der Waals surface area contributed by atoms with Gasteiger partial charge >= 0.3 is 0 Å². The molecule has 0 aliphatic heterocycles. The fourth-order valence-electron chi connectivity index (χ4n) is 5.44. The molecule has 1 saturated carbocycles. The second-order valence-electron chi connectivity index (χ2n) is 8.37. The zero-order valence-electron chi connectivity index (χ0n) is 14.2. The molecule has 3 aliphatic rings. The van der Waals surface area contributed by atoms with Crippen LogP contribution in [0.25, 0.3) is 0 Å². The Balaban J connectivity index is 1.97. The molecule has 0 amide bonds. The lowest BCUT2D eigenvalue weighted by Crippen LogP contribution is -2.51. The topological polar surface area (TPSA) is 80.9 Å². The van der Waals surface area contributed by atoms with Crippen LogP contribution >= 0.6 is 0 Å². The van der Waals surface area contributed by atoms with Gasteiger partial charge in [-0.3, -0.25) is 0 Å². The second-order valence-corrected chi connectivity index (χ2v) is 8.37. The number of rotatable bonds is 3. The van der Waals surface area contributed by atoms with Crippen LogP contribution in [0.3, 0.4) is 0 Å². The Morgan fingerprint density at radius 2 is 2.04 bits per heavy atom. The lowest BCUT2D eigenvalue weighted by Gasteiger charge is -2.55. The molecule has 4 N–H and O–H groups in total. The van der Waals surface area contributed by atoms with E-state index >= 15 is 0 Å². The number of aliphatic hydroxyl groups is 4. The maximum Gasteiger partial charge on any atom is 0.0858 e. The highest BCUT2D eigenvalue weighted by molar-refractivity contribution is 5.35. The molecule has 7 atom stereocenters.